The summed E-state index contributed by atoms with van der Waals surface area (Å²) in [5.74, 6) is 0.760. The van der Waals surface area contributed by atoms with Gasteiger partial charge in [0.15, 0.2) is 0 Å². The van der Waals surface area contributed by atoms with Gasteiger partial charge in [0, 0.05) is 6.54 Å². The molecule has 1 rings (SSSR count). The molecular formula is C12H19NO2. The second-order valence-electron chi connectivity index (χ2n) is 4.17. The fraction of sp³-hybridized carbons (Fsp3) is 0.500. The van der Waals surface area contributed by atoms with E-state index in [1.807, 2.05) is 38.1 Å². The van der Waals surface area contributed by atoms with Crippen molar-refractivity contribution in [2.24, 2.45) is 5.73 Å². The summed E-state index contributed by atoms with van der Waals surface area (Å²) in [7, 11) is 0. The Morgan fingerprint density at radius 3 is 2.67 bits per heavy atom. The Kier molecular flexibility index (Phi) is 3.72. The smallest absolute Gasteiger partial charge is 0.120 e. The zero-order valence-corrected chi connectivity index (χ0v) is 9.53. The molecule has 0 aliphatic heterocycles. The molecule has 84 valence electrons. The fourth-order valence-corrected chi connectivity index (χ4v) is 1.29. The van der Waals surface area contributed by atoms with Gasteiger partial charge in [-0.15, -0.1) is 0 Å². The number of aliphatic hydroxyl groups is 1. The van der Waals surface area contributed by atoms with E-state index in [0.29, 0.717) is 0 Å². The standard InChI is InChI=1S/C12H19NO2/c1-9(2)15-11-6-4-5-10(7-11)12(3,14)8-13/h4-7,9,14H,8,13H2,1-3H3. The molecule has 15 heavy (non-hydrogen) atoms. The number of rotatable bonds is 4. The van der Waals surface area contributed by atoms with Gasteiger partial charge in [-0.1, -0.05) is 12.1 Å². The SMILES string of the molecule is CC(C)Oc1cccc(C(C)(O)CN)c1. The summed E-state index contributed by atoms with van der Waals surface area (Å²) < 4.78 is 5.54. The van der Waals surface area contributed by atoms with Crippen LogP contribution in [0.1, 0.15) is 26.3 Å². The van der Waals surface area contributed by atoms with Gasteiger partial charge in [-0.2, -0.15) is 0 Å². The zero-order valence-electron chi connectivity index (χ0n) is 9.53. The van der Waals surface area contributed by atoms with E-state index >= 15 is 0 Å². The van der Waals surface area contributed by atoms with Gasteiger partial charge in [-0.25, -0.2) is 0 Å². The van der Waals surface area contributed by atoms with Gasteiger partial charge in [-0.3, -0.25) is 0 Å². The molecule has 0 fully saturated rings. The summed E-state index contributed by atoms with van der Waals surface area (Å²) in [5.41, 5.74) is 5.29. The number of benzene rings is 1. The molecule has 0 saturated carbocycles. The molecule has 0 heterocycles. The van der Waals surface area contributed by atoms with Gasteiger partial charge < -0.3 is 15.6 Å². The molecular weight excluding hydrogens is 190 g/mol. The van der Waals surface area contributed by atoms with Crippen LogP contribution in [0.25, 0.3) is 0 Å². The lowest BCUT2D eigenvalue weighted by molar-refractivity contribution is 0.0664. The first kappa shape index (κ1) is 12.0. The summed E-state index contributed by atoms with van der Waals surface area (Å²) in [4.78, 5) is 0. The van der Waals surface area contributed by atoms with Crippen molar-refractivity contribution in [3.05, 3.63) is 29.8 Å². The van der Waals surface area contributed by atoms with E-state index in [9.17, 15) is 5.11 Å². The zero-order chi connectivity index (χ0) is 11.5. The minimum absolute atomic E-state index is 0.128. The van der Waals surface area contributed by atoms with Gasteiger partial charge in [0.1, 0.15) is 5.75 Å². The normalized spacial score (nSPS) is 15.1. The van der Waals surface area contributed by atoms with E-state index in [2.05, 4.69) is 0 Å². The van der Waals surface area contributed by atoms with E-state index in [-0.39, 0.29) is 12.6 Å². The van der Waals surface area contributed by atoms with Crippen LogP contribution in [-0.4, -0.2) is 17.8 Å². The highest BCUT2D eigenvalue weighted by molar-refractivity contribution is 5.32. The van der Waals surface area contributed by atoms with Crippen molar-refractivity contribution in [2.45, 2.75) is 32.5 Å². The highest BCUT2D eigenvalue weighted by atomic mass is 16.5. The summed E-state index contributed by atoms with van der Waals surface area (Å²) in [6.07, 6.45) is 0.128. The molecule has 0 bridgehead atoms. The maximum Gasteiger partial charge on any atom is 0.120 e. The Morgan fingerprint density at radius 2 is 2.13 bits per heavy atom. The van der Waals surface area contributed by atoms with E-state index < -0.39 is 5.60 Å². The Bertz CT molecular complexity index is 321. The average Bonchev–Trinajstić information content (AvgIpc) is 2.17. The molecule has 1 atom stereocenters. The molecule has 0 radical (unpaired) electrons. The van der Waals surface area contributed by atoms with Crippen molar-refractivity contribution in [3.8, 4) is 5.75 Å². The maximum absolute atomic E-state index is 9.97. The number of hydrogen-bond acceptors (Lipinski definition) is 3. The van der Waals surface area contributed by atoms with Gasteiger partial charge in [0.2, 0.25) is 0 Å². The Labute approximate surface area is 90.9 Å². The first-order chi connectivity index (χ1) is 6.95. The quantitative estimate of drug-likeness (QED) is 0.792. The van der Waals surface area contributed by atoms with Gasteiger partial charge >= 0.3 is 0 Å². The molecule has 1 unspecified atom stereocenters. The van der Waals surface area contributed by atoms with E-state index in [0.717, 1.165) is 11.3 Å². The van der Waals surface area contributed by atoms with E-state index in [4.69, 9.17) is 10.5 Å². The topological polar surface area (TPSA) is 55.5 Å². The van der Waals surface area contributed by atoms with Gasteiger partial charge in [-0.05, 0) is 38.5 Å². The highest BCUT2D eigenvalue weighted by Crippen LogP contribution is 2.23. The first-order valence-corrected chi connectivity index (χ1v) is 5.15. The lowest BCUT2D eigenvalue weighted by Gasteiger charge is -2.22. The molecule has 1 aromatic carbocycles. The van der Waals surface area contributed by atoms with Crippen LogP contribution in [0.15, 0.2) is 24.3 Å². The molecule has 0 amide bonds. The first-order valence-electron chi connectivity index (χ1n) is 5.15. The third-order valence-corrected chi connectivity index (χ3v) is 2.23. The predicted molar refractivity (Wildman–Crippen MR) is 60.8 cm³/mol. The predicted octanol–water partition coefficient (Wildman–Crippen LogP) is 1.64. The molecule has 0 spiro atoms. The third-order valence-electron chi connectivity index (χ3n) is 2.23. The average molecular weight is 209 g/mol. The second kappa shape index (κ2) is 4.64. The third kappa shape index (κ3) is 3.22. The number of ether oxygens (including phenoxy) is 1. The Balaban J connectivity index is 2.92. The fourth-order valence-electron chi connectivity index (χ4n) is 1.29. The van der Waals surface area contributed by atoms with Crippen molar-refractivity contribution in [2.75, 3.05) is 6.54 Å². The summed E-state index contributed by atoms with van der Waals surface area (Å²) in [6.45, 7) is 5.82. The molecule has 1 aromatic rings. The molecule has 0 saturated heterocycles. The monoisotopic (exact) mass is 209 g/mol. The summed E-state index contributed by atoms with van der Waals surface area (Å²) in [5, 5.41) is 9.97. The van der Waals surface area contributed by atoms with E-state index in [1.54, 1.807) is 6.92 Å². The van der Waals surface area contributed by atoms with Crippen molar-refractivity contribution >= 4 is 0 Å². The van der Waals surface area contributed by atoms with Gasteiger partial charge in [0.05, 0.1) is 11.7 Å². The Morgan fingerprint density at radius 1 is 1.47 bits per heavy atom. The van der Waals surface area contributed by atoms with Crippen molar-refractivity contribution in [1.82, 2.24) is 0 Å². The largest absolute Gasteiger partial charge is 0.491 e. The maximum atomic E-state index is 9.97. The highest BCUT2D eigenvalue weighted by Gasteiger charge is 2.21. The molecule has 3 heteroatoms. The lowest BCUT2D eigenvalue weighted by Crippen LogP contribution is -2.31. The van der Waals surface area contributed by atoms with Gasteiger partial charge in [0.25, 0.3) is 0 Å². The van der Waals surface area contributed by atoms with Crippen LogP contribution in [0.2, 0.25) is 0 Å². The van der Waals surface area contributed by atoms with Crippen LogP contribution in [0, 0.1) is 0 Å². The van der Waals surface area contributed by atoms with E-state index in [1.165, 1.54) is 0 Å². The van der Waals surface area contributed by atoms with Crippen LogP contribution in [0.4, 0.5) is 0 Å². The van der Waals surface area contributed by atoms with Crippen LogP contribution in [0.3, 0.4) is 0 Å². The molecule has 0 aliphatic rings. The molecule has 3 nitrogen and oxygen atoms in total. The molecule has 0 aromatic heterocycles. The lowest BCUT2D eigenvalue weighted by atomic mass is 9.96. The van der Waals surface area contributed by atoms with Crippen LogP contribution >= 0.6 is 0 Å². The number of hydrogen-bond donors (Lipinski definition) is 2. The minimum atomic E-state index is -0.990. The summed E-state index contributed by atoms with van der Waals surface area (Å²) >= 11 is 0. The molecule has 3 N–H and O–H groups in total. The van der Waals surface area contributed by atoms with Crippen LogP contribution in [-0.2, 0) is 5.60 Å². The Hall–Kier alpha value is -1.06. The second-order valence-corrected chi connectivity index (χ2v) is 4.17. The van der Waals surface area contributed by atoms with Crippen molar-refractivity contribution < 1.29 is 9.84 Å². The summed E-state index contributed by atoms with van der Waals surface area (Å²) in [6, 6.07) is 7.40. The van der Waals surface area contributed by atoms with Crippen molar-refractivity contribution in [3.63, 3.8) is 0 Å². The minimum Gasteiger partial charge on any atom is -0.491 e. The molecule has 0 aliphatic carbocycles. The van der Waals surface area contributed by atoms with Crippen LogP contribution < -0.4 is 10.5 Å². The van der Waals surface area contributed by atoms with Crippen molar-refractivity contribution in [1.29, 1.82) is 0 Å². The number of nitrogens with two attached hydrogens (primary N) is 1. The van der Waals surface area contributed by atoms with Crippen LogP contribution in [0.5, 0.6) is 5.75 Å².